The number of piperidine rings is 2. The summed E-state index contributed by atoms with van der Waals surface area (Å²) in [5.74, 6) is -0.314. The van der Waals surface area contributed by atoms with Crippen LogP contribution in [0.5, 0.6) is 0 Å². The lowest BCUT2D eigenvalue weighted by atomic mass is 10.0. The fourth-order valence-corrected chi connectivity index (χ4v) is 5.49. The SMILES string of the molecule is O=C(Nc1ccccc1)NC1CCN(C(=O)c2ccc(S(=O)(=O)N3CCCCC3)o2)CC1. The number of rotatable bonds is 5. The Bertz CT molecular complexity index is 1040. The number of carbonyl (C=O) groups is 2. The Morgan fingerprint density at radius 3 is 2.28 bits per heavy atom. The van der Waals surface area contributed by atoms with Gasteiger partial charge in [0, 0.05) is 37.9 Å². The zero-order chi connectivity index (χ0) is 22.6. The third kappa shape index (κ3) is 5.13. The van der Waals surface area contributed by atoms with Gasteiger partial charge in [0.15, 0.2) is 5.76 Å². The highest BCUT2D eigenvalue weighted by Crippen LogP contribution is 2.24. The number of hydrogen-bond acceptors (Lipinski definition) is 5. The molecule has 2 saturated heterocycles. The zero-order valence-electron chi connectivity index (χ0n) is 17.8. The normalized spacial score (nSPS) is 18.3. The Labute approximate surface area is 187 Å². The maximum Gasteiger partial charge on any atom is 0.319 e. The first-order valence-corrected chi connectivity index (χ1v) is 12.4. The molecule has 0 atom stereocenters. The number of amides is 3. The molecule has 2 aromatic rings. The number of benzene rings is 1. The molecule has 32 heavy (non-hydrogen) atoms. The van der Waals surface area contributed by atoms with Gasteiger partial charge in [0.2, 0.25) is 5.09 Å². The summed E-state index contributed by atoms with van der Waals surface area (Å²) in [6.07, 6.45) is 3.89. The second-order valence-corrected chi connectivity index (χ2v) is 9.98. The lowest BCUT2D eigenvalue weighted by molar-refractivity contribution is 0.0670. The molecule has 10 heteroatoms. The molecule has 172 valence electrons. The van der Waals surface area contributed by atoms with Crippen LogP contribution in [0.2, 0.25) is 0 Å². The van der Waals surface area contributed by atoms with Gasteiger partial charge in [-0.1, -0.05) is 24.6 Å². The molecule has 2 aliphatic heterocycles. The molecule has 3 heterocycles. The minimum Gasteiger partial charge on any atom is -0.438 e. The van der Waals surface area contributed by atoms with E-state index in [-0.39, 0.29) is 28.8 Å². The van der Waals surface area contributed by atoms with Crippen LogP contribution in [0.4, 0.5) is 10.5 Å². The minimum atomic E-state index is -3.71. The van der Waals surface area contributed by atoms with Crippen LogP contribution in [-0.4, -0.2) is 61.8 Å². The molecule has 0 spiro atoms. The van der Waals surface area contributed by atoms with Crippen molar-refractivity contribution >= 4 is 27.6 Å². The third-order valence-corrected chi connectivity index (χ3v) is 7.62. The lowest BCUT2D eigenvalue weighted by Gasteiger charge is -2.31. The number of nitrogens with zero attached hydrogens (tertiary/aromatic N) is 2. The van der Waals surface area contributed by atoms with Crippen molar-refractivity contribution in [3.05, 3.63) is 48.2 Å². The molecule has 0 saturated carbocycles. The molecule has 1 aromatic carbocycles. The van der Waals surface area contributed by atoms with E-state index in [9.17, 15) is 18.0 Å². The molecule has 2 N–H and O–H groups in total. The van der Waals surface area contributed by atoms with Gasteiger partial charge < -0.3 is 20.0 Å². The molecule has 9 nitrogen and oxygen atoms in total. The third-order valence-electron chi connectivity index (χ3n) is 5.85. The van der Waals surface area contributed by atoms with Crippen molar-refractivity contribution in [1.29, 1.82) is 0 Å². The number of hydrogen-bond donors (Lipinski definition) is 2. The van der Waals surface area contributed by atoms with E-state index in [0.29, 0.717) is 44.7 Å². The molecule has 2 aliphatic rings. The first-order chi connectivity index (χ1) is 15.4. The van der Waals surface area contributed by atoms with E-state index in [1.807, 2.05) is 30.3 Å². The van der Waals surface area contributed by atoms with Crippen molar-refractivity contribution < 1.29 is 22.4 Å². The Morgan fingerprint density at radius 1 is 0.906 bits per heavy atom. The number of para-hydroxylation sites is 1. The summed E-state index contributed by atoms with van der Waals surface area (Å²) >= 11 is 0. The summed E-state index contributed by atoms with van der Waals surface area (Å²) in [4.78, 5) is 26.6. The van der Waals surface area contributed by atoms with E-state index in [1.54, 1.807) is 4.90 Å². The van der Waals surface area contributed by atoms with Crippen molar-refractivity contribution in [3.63, 3.8) is 0 Å². The van der Waals surface area contributed by atoms with Gasteiger partial charge in [-0.3, -0.25) is 4.79 Å². The lowest BCUT2D eigenvalue weighted by Crippen LogP contribution is -2.47. The van der Waals surface area contributed by atoms with Crippen LogP contribution in [0.15, 0.2) is 52.0 Å². The van der Waals surface area contributed by atoms with E-state index < -0.39 is 10.0 Å². The highest BCUT2D eigenvalue weighted by molar-refractivity contribution is 7.89. The number of nitrogens with one attached hydrogen (secondary N) is 2. The molecule has 2 fully saturated rings. The minimum absolute atomic E-state index is 0.0221. The largest absolute Gasteiger partial charge is 0.438 e. The Kier molecular flexibility index (Phi) is 6.80. The Hall–Kier alpha value is -2.85. The van der Waals surface area contributed by atoms with E-state index in [0.717, 1.165) is 19.3 Å². The molecule has 4 rings (SSSR count). The van der Waals surface area contributed by atoms with Crippen molar-refractivity contribution in [2.24, 2.45) is 0 Å². The van der Waals surface area contributed by atoms with Gasteiger partial charge in [-0.15, -0.1) is 0 Å². The highest BCUT2D eigenvalue weighted by Gasteiger charge is 2.31. The number of anilines is 1. The molecule has 0 aliphatic carbocycles. The van der Waals surface area contributed by atoms with Gasteiger partial charge in [-0.25, -0.2) is 13.2 Å². The molecule has 0 radical (unpaired) electrons. The maximum absolute atomic E-state index is 12.8. The average molecular weight is 461 g/mol. The molecule has 0 bridgehead atoms. The number of likely N-dealkylation sites (tertiary alicyclic amines) is 1. The van der Waals surface area contributed by atoms with Crippen LogP contribution in [0, 0.1) is 0 Å². The van der Waals surface area contributed by atoms with Crippen LogP contribution in [0.3, 0.4) is 0 Å². The quantitative estimate of drug-likeness (QED) is 0.713. The van der Waals surface area contributed by atoms with Crippen LogP contribution < -0.4 is 10.6 Å². The Balaban J connectivity index is 1.29. The monoisotopic (exact) mass is 460 g/mol. The molecule has 0 unspecified atom stereocenters. The fraction of sp³-hybridized carbons (Fsp3) is 0.455. The summed E-state index contributed by atoms with van der Waals surface area (Å²) in [6, 6.07) is 11.6. The topological polar surface area (TPSA) is 112 Å². The number of sulfonamides is 1. The van der Waals surface area contributed by atoms with Crippen LogP contribution in [-0.2, 0) is 10.0 Å². The summed E-state index contributed by atoms with van der Waals surface area (Å²) in [7, 11) is -3.71. The van der Waals surface area contributed by atoms with Crippen molar-refractivity contribution in [2.75, 3.05) is 31.5 Å². The second kappa shape index (κ2) is 9.74. The predicted molar refractivity (Wildman–Crippen MR) is 119 cm³/mol. The van der Waals surface area contributed by atoms with E-state index in [4.69, 9.17) is 4.42 Å². The van der Waals surface area contributed by atoms with Crippen molar-refractivity contribution in [2.45, 2.75) is 43.2 Å². The maximum atomic E-state index is 12.8. The van der Waals surface area contributed by atoms with E-state index in [2.05, 4.69) is 10.6 Å². The summed E-state index contributed by atoms with van der Waals surface area (Å²) in [5, 5.41) is 5.53. The smallest absolute Gasteiger partial charge is 0.319 e. The first-order valence-electron chi connectivity index (χ1n) is 11.0. The van der Waals surface area contributed by atoms with Gasteiger partial charge in [-0.2, -0.15) is 4.31 Å². The molecular formula is C22H28N4O5S. The number of furan rings is 1. The number of carbonyl (C=O) groups excluding carboxylic acids is 2. The zero-order valence-corrected chi connectivity index (χ0v) is 18.6. The van der Waals surface area contributed by atoms with Crippen molar-refractivity contribution in [3.8, 4) is 0 Å². The summed E-state index contributed by atoms with van der Waals surface area (Å²) in [5.41, 5.74) is 0.714. The van der Waals surface area contributed by atoms with Crippen molar-refractivity contribution in [1.82, 2.24) is 14.5 Å². The van der Waals surface area contributed by atoms with Gasteiger partial charge in [-0.05, 0) is 49.9 Å². The van der Waals surface area contributed by atoms with E-state index >= 15 is 0 Å². The predicted octanol–water partition coefficient (Wildman–Crippen LogP) is 2.88. The molecular weight excluding hydrogens is 432 g/mol. The van der Waals surface area contributed by atoms with E-state index in [1.165, 1.54) is 16.4 Å². The highest BCUT2D eigenvalue weighted by atomic mass is 32.2. The van der Waals surface area contributed by atoms with Gasteiger partial charge in [0.25, 0.3) is 15.9 Å². The fourth-order valence-electron chi connectivity index (χ4n) is 4.06. The van der Waals surface area contributed by atoms with Gasteiger partial charge >= 0.3 is 6.03 Å². The second-order valence-electron chi connectivity index (χ2n) is 8.11. The average Bonchev–Trinajstić information content (AvgIpc) is 3.32. The van der Waals surface area contributed by atoms with Gasteiger partial charge in [0.1, 0.15) is 0 Å². The number of urea groups is 1. The molecule has 3 amide bonds. The first kappa shape index (κ1) is 22.3. The van der Waals surface area contributed by atoms with Crippen LogP contribution in [0.25, 0.3) is 0 Å². The Morgan fingerprint density at radius 2 is 1.59 bits per heavy atom. The summed E-state index contributed by atoms with van der Waals surface area (Å²) in [6.45, 7) is 1.85. The van der Waals surface area contributed by atoms with Crippen LogP contribution in [0.1, 0.15) is 42.7 Å². The standard InChI is InChI=1S/C22H28N4O5S/c27-21(19-9-10-20(31-19)32(29,30)26-13-5-2-6-14-26)25-15-11-18(12-16-25)24-22(28)23-17-7-3-1-4-8-17/h1,3-4,7-10,18H,2,5-6,11-16H2,(H2,23,24,28). The summed E-state index contributed by atoms with van der Waals surface area (Å²) < 4.78 is 32.4. The molecule has 1 aromatic heterocycles. The van der Waals surface area contributed by atoms with Crippen LogP contribution >= 0.6 is 0 Å². The van der Waals surface area contributed by atoms with Gasteiger partial charge in [0.05, 0.1) is 0 Å².